The molecule has 0 bridgehead atoms. The Bertz CT molecular complexity index is 1310. The monoisotopic (exact) mass is 530 g/mol. The van der Waals surface area contributed by atoms with Gasteiger partial charge in [-0.15, -0.1) is 0 Å². The maximum absolute atomic E-state index is 6.48. The molecule has 0 amide bonds. The molecule has 208 valence electrons. The maximum Gasteiger partial charge on any atom is 0.184 e. The van der Waals surface area contributed by atoms with E-state index in [1.165, 1.54) is 11.1 Å². The highest BCUT2D eigenvalue weighted by Gasteiger charge is 2.29. The van der Waals surface area contributed by atoms with E-state index >= 15 is 0 Å². The Hall–Kier alpha value is -2.70. The standard InChI is InChI=1S/C34H42O5/c1-19-17-35-33(37-25(19)7)28-11-9-27(10-12-28)29-13-15-31(23(5)21(29)3)39-32-16-14-30(22(4)24(32)6)34-36-18-20(2)26(8)38-34/h9-16,19-20,25-26,33-34H,17-18H2,1-8H3. The summed E-state index contributed by atoms with van der Waals surface area (Å²) in [6, 6.07) is 16.8. The molecule has 5 nitrogen and oxygen atoms in total. The van der Waals surface area contributed by atoms with Gasteiger partial charge in [-0.05, 0) is 93.1 Å². The molecule has 0 spiro atoms. The van der Waals surface area contributed by atoms with E-state index in [4.69, 9.17) is 23.7 Å². The van der Waals surface area contributed by atoms with Gasteiger partial charge in [-0.2, -0.15) is 0 Å². The van der Waals surface area contributed by atoms with Gasteiger partial charge in [0, 0.05) is 23.0 Å². The molecular weight excluding hydrogens is 488 g/mol. The molecule has 2 aliphatic heterocycles. The van der Waals surface area contributed by atoms with E-state index in [1.807, 2.05) is 6.07 Å². The molecule has 2 saturated heterocycles. The van der Waals surface area contributed by atoms with Crippen molar-refractivity contribution in [1.82, 2.24) is 0 Å². The highest BCUT2D eigenvalue weighted by molar-refractivity contribution is 5.70. The van der Waals surface area contributed by atoms with Gasteiger partial charge in [-0.25, -0.2) is 0 Å². The third-order valence-corrected chi connectivity index (χ3v) is 8.78. The molecule has 3 aromatic rings. The fraction of sp³-hybridized carbons (Fsp3) is 0.471. The van der Waals surface area contributed by atoms with Gasteiger partial charge < -0.3 is 23.7 Å². The highest BCUT2D eigenvalue weighted by atomic mass is 16.7. The summed E-state index contributed by atoms with van der Waals surface area (Å²) < 4.78 is 30.6. The van der Waals surface area contributed by atoms with Gasteiger partial charge in [0.25, 0.3) is 0 Å². The lowest BCUT2D eigenvalue weighted by atomic mass is 9.95. The number of benzene rings is 3. The first kappa shape index (κ1) is 27.9. The lowest BCUT2D eigenvalue weighted by Crippen LogP contribution is -2.32. The van der Waals surface area contributed by atoms with Crippen molar-refractivity contribution in [3.05, 3.63) is 81.9 Å². The first-order chi connectivity index (χ1) is 18.6. The minimum atomic E-state index is -0.332. The molecule has 2 fully saturated rings. The van der Waals surface area contributed by atoms with Crippen molar-refractivity contribution in [3.8, 4) is 22.6 Å². The molecule has 6 atom stereocenters. The van der Waals surface area contributed by atoms with Crippen molar-refractivity contribution < 1.29 is 23.7 Å². The Morgan fingerprint density at radius 1 is 0.590 bits per heavy atom. The van der Waals surface area contributed by atoms with Crippen LogP contribution < -0.4 is 4.74 Å². The minimum Gasteiger partial charge on any atom is -0.457 e. The van der Waals surface area contributed by atoms with Crippen LogP contribution in [-0.2, 0) is 18.9 Å². The van der Waals surface area contributed by atoms with E-state index in [0.29, 0.717) is 18.4 Å². The highest BCUT2D eigenvalue weighted by Crippen LogP contribution is 2.39. The Morgan fingerprint density at radius 2 is 1.13 bits per heavy atom. The van der Waals surface area contributed by atoms with Crippen LogP contribution in [0.2, 0.25) is 0 Å². The molecule has 0 radical (unpaired) electrons. The van der Waals surface area contributed by atoms with Crippen molar-refractivity contribution in [2.45, 2.75) is 80.2 Å². The first-order valence-corrected chi connectivity index (χ1v) is 14.2. The van der Waals surface area contributed by atoms with Crippen molar-refractivity contribution in [2.24, 2.45) is 11.8 Å². The Balaban J connectivity index is 1.33. The van der Waals surface area contributed by atoms with Crippen molar-refractivity contribution in [1.29, 1.82) is 0 Å². The van der Waals surface area contributed by atoms with Gasteiger partial charge in [0.05, 0.1) is 25.4 Å². The van der Waals surface area contributed by atoms with Gasteiger partial charge in [-0.3, -0.25) is 0 Å². The number of ether oxygens (including phenoxy) is 5. The smallest absolute Gasteiger partial charge is 0.184 e. The van der Waals surface area contributed by atoms with Crippen LogP contribution in [0.1, 0.15) is 73.7 Å². The molecule has 0 N–H and O–H groups in total. The second kappa shape index (κ2) is 11.4. The lowest BCUT2D eigenvalue weighted by Gasteiger charge is -2.34. The molecule has 5 heteroatoms. The van der Waals surface area contributed by atoms with Crippen LogP contribution in [0.15, 0.2) is 48.5 Å². The van der Waals surface area contributed by atoms with Crippen LogP contribution in [0.25, 0.3) is 11.1 Å². The molecule has 0 aliphatic carbocycles. The normalized spacial score (nSPS) is 27.4. The average molecular weight is 531 g/mol. The summed E-state index contributed by atoms with van der Waals surface area (Å²) in [5.74, 6) is 2.52. The summed E-state index contributed by atoms with van der Waals surface area (Å²) in [5.41, 5.74) is 9.03. The van der Waals surface area contributed by atoms with E-state index in [0.717, 1.165) is 51.5 Å². The third kappa shape index (κ3) is 5.64. The molecule has 0 aromatic heterocycles. The molecule has 3 aromatic carbocycles. The fourth-order valence-corrected chi connectivity index (χ4v) is 5.16. The lowest BCUT2D eigenvalue weighted by molar-refractivity contribution is -0.233. The largest absolute Gasteiger partial charge is 0.457 e. The Morgan fingerprint density at radius 3 is 1.74 bits per heavy atom. The maximum atomic E-state index is 6.48. The fourth-order valence-electron chi connectivity index (χ4n) is 5.16. The second-order valence-corrected chi connectivity index (χ2v) is 11.5. The van der Waals surface area contributed by atoms with E-state index in [9.17, 15) is 0 Å². The third-order valence-electron chi connectivity index (χ3n) is 8.78. The van der Waals surface area contributed by atoms with E-state index in [1.54, 1.807) is 0 Å². The first-order valence-electron chi connectivity index (χ1n) is 14.2. The zero-order valence-electron chi connectivity index (χ0n) is 24.5. The topological polar surface area (TPSA) is 46.2 Å². The van der Waals surface area contributed by atoms with E-state index in [2.05, 4.69) is 97.9 Å². The zero-order valence-corrected chi connectivity index (χ0v) is 24.5. The van der Waals surface area contributed by atoms with Crippen molar-refractivity contribution in [3.63, 3.8) is 0 Å². The SMILES string of the molecule is Cc1c(Oc2ccc(C3OCC(C)C(C)O3)c(C)c2C)ccc(-c2ccc(C3OCC(C)C(C)O3)cc2)c1C. The van der Waals surface area contributed by atoms with Crippen LogP contribution in [0.4, 0.5) is 0 Å². The van der Waals surface area contributed by atoms with Crippen molar-refractivity contribution in [2.75, 3.05) is 13.2 Å². The van der Waals surface area contributed by atoms with Crippen LogP contribution in [0, 0.1) is 39.5 Å². The summed E-state index contributed by atoms with van der Waals surface area (Å²) in [6.45, 7) is 18.5. The quantitative estimate of drug-likeness (QED) is 0.331. The summed E-state index contributed by atoms with van der Waals surface area (Å²) in [5, 5.41) is 0. The minimum absolute atomic E-state index is 0.168. The van der Waals surface area contributed by atoms with Crippen LogP contribution in [0.5, 0.6) is 11.5 Å². The number of hydrogen-bond acceptors (Lipinski definition) is 5. The molecule has 5 rings (SSSR count). The van der Waals surface area contributed by atoms with E-state index < -0.39 is 0 Å². The molecule has 2 heterocycles. The van der Waals surface area contributed by atoms with Gasteiger partial charge >= 0.3 is 0 Å². The van der Waals surface area contributed by atoms with Gasteiger partial charge in [0.1, 0.15) is 11.5 Å². The van der Waals surface area contributed by atoms with Crippen molar-refractivity contribution >= 4 is 0 Å². The van der Waals surface area contributed by atoms with Gasteiger partial charge in [0.2, 0.25) is 0 Å². The second-order valence-electron chi connectivity index (χ2n) is 11.5. The predicted molar refractivity (Wildman–Crippen MR) is 154 cm³/mol. The molecule has 2 aliphatic rings. The molecule has 6 unspecified atom stereocenters. The Kier molecular flexibility index (Phi) is 8.16. The van der Waals surface area contributed by atoms with Gasteiger partial charge in [-0.1, -0.05) is 44.2 Å². The average Bonchev–Trinajstić information content (AvgIpc) is 2.93. The Labute approximate surface area is 233 Å². The van der Waals surface area contributed by atoms with Crippen LogP contribution >= 0.6 is 0 Å². The molecular formula is C34H42O5. The summed E-state index contributed by atoms with van der Waals surface area (Å²) in [7, 11) is 0. The number of hydrogen-bond donors (Lipinski definition) is 0. The van der Waals surface area contributed by atoms with Crippen LogP contribution in [0.3, 0.4) is 0 Å². The predicted octanol–water partition coefficient (Wildman–Crippen LogP) is 8.52. The summed E-state index contributed by atoms with van der Waals surface area (Å²) in [4.78, 5) is 0. The number of rotatable bonds is 5. The zero-order chi connectivity index (χ0) is 27.8. The van der Waals surface area contributed by atoms with Crippen LogP contribution in [-0.4, -0.2) is 25.4 Å². The summed E-state index contributed by atoms with van der Waals surface area (Å²) in [6.07, 6.45) is -0.279. The van der Waals surface area contributed by atoms with Gasteiger partial charge in [0.15, 0.2) is 12.6 Å². The molecule has 0 saturated carbocycles. The van der Waals surface area contributed by atoms with E-state index in [-0.39, 0.29) is 24.8 Å². The summed E-state index contributed by atoms with van der Waals surface area (Å²) >= 11 is 0. The molecule has 39 heavy (non-hydrogen) atoms.